The molecule has 0 saturated heterocycles. The number of hydrogen-bond acceptors (Lipinski definition) is 2. The van der Waals surface area contributed by atoms with Crippen LogP contribution < -0.4 is 4.72 Å². The van der Waals surface area contributed by atoms with Crippen molar-refractivity contribution >= 4 is 26.0 Å². The van der Waals surface area contributed by atoms with Crippen LogP contribution in [-0.2, 0) is 16.4 Å². The first-order chi connectivity index (χ1) is 8.88. The zero-order chi connectivity index (χ0) is 14.5. The van der Waals surface area contributed by atoms with Crippen LogP contribution in [0.1, 0.15) is 32.8 Å². The molecule has 108 valence electrons. The molecule has 5 heteroatoms. The van der Waals surface area contributed by atoms with E-state index in [0.29, 0.717) is 23.8 Å². The van der Waals surface area contributed by atoms with Crippen molar-refractivity contribution in [2.75, 3.05) is 6.54 Å². The van der Waals surface area contributed by atoms with E-state index in [9.17, 15) is 8.42 Å². The molecule has 0 aromatic heterocycles. The van der Waals surface area contributed by atoms with Crippen molar-refractivity contribution in [1.82, 2.24) is 4.72 Å². The summed E-state index contributed by atoms with van der Waals surface area (Å²) in [5.74, 6) is 0.458. The summed E-state index contributed by atoms with van der Waals surface area (Å²) in [7, 11) is -3.40. The monoisotopic (exact) mass is 347 g/mol. The Morgan fingerprint density at radius 3 is 2.47 bits per heavy atom. The summed E-state index contributed by atoms with van der Waals surface area (Å²) >= 11 is 3.62. The lowest BCUT2D eigenvalue weighted by atomic mass is 10.0. The standard InChI is InChI=1S/C14H22BrNO2S/c1-4-9-16-19(17,18)14-8-6-5-7-12(14)10-13(15)11(2)3/h5-8,11,13,16H,4,9-10H2,1-3H3. The van der Waals surface area contributed by atoms with Gasteiger partial charge in [-0.3, -0.25) is 0 Å². The lowest BCUT2D eigenvalue weighted by Gasteiger charge is -2.16. The highest BCUT2D eigenvalue weighted by Crippen LogP contribution is 2.23. The third kappa shape index (κ3) is 4.89. The number of halogens is 1. The van der Waals surface area contributed by atoms with Gasteiger partial charge < -0.3 is 0 Å². The molecule has 1 rings (SSSR count). The fourth-order valence-corrected chi connectivity index (χ4v) is 3.43. The molecular formula is C14H22BrNO2S. The summed E-state index contributed by atoms with van der Waals surface area (Å²) in [6.07, 6.45) is 1.50. The van der Waals surface area contributed by atoms with Crippen molar-refractivity contribution in [1.29, 1.82) is 0 Å². The summed E-state index contributed by atoms with van der Waals surface area (Å²) in [4.78, 5) is 0.670. The molecule has 0 aliphatic rings. The molecule has 1 N–H and O–H groups in total. The fourth-order valence-electron chi connectivity index (χ4n) is 1.69. The van der Waals surface area contributed by atoms with Crippen LogP contribution in [0.25, 0.3) is 0 Å². The van der Waals surface area contributed by atoms with Crippen LogP contribution in [0.15, 0.2) is 29.2 Å². The third-order valence-electron chi connectivity index (χ3n) is 2.94. The van der Waals surface area contributed by atoms with Gasteiger partial charge in [0.1, 0.15) is 0 Å². The first-order valence-electron chi connectivity index (χ1n) is 6.60. The number of rotatable bonds is 7. The van der Waals surface area contributed by atoms with Gasteiger partial charge in [-0.25, -0.2) is 13.1 Å². The van der Waals surface area contributed by atoms with Gasteiger partial charge in [0.25, 0.3) is 0 Å². The molecule has 0 aliphatic heterocycles. The molecule has 0 amide bonds. The average molecular weight is 348 g/mol. The smallest absolute Gasteiger partial charge is 0.211 e. The van der Waals surface area contributed by atoms with E-state index in [2.05, 4.69) is 34.5 Å². The summed E-state index contributed by atoms with van der Waals surface area (Å²) in [6, 6.07) is 7.21. The molecule has 0 aliphatic carbocycles. The summed E-state index contributed by atoms with van der Waals surface area (Å²) in [5.41, 5.74) is 0.863. The Bertz CT molecular complexity index is 500. The summed E-state index contributed by atoms with van der Waals surface area (Å²) in [6.45, 7) is 6.65. The van der Waals surface area contributed by atoms with Crippen molar-refractivity contribution in [3.8, 4) is 0 Å². The summed E-state index contributed by atoms with van der Waals surface area (Å²) < 4.78 is 27.1. The van der Waals surface area contributed by atoms with E-state index < -0.39 is 10.0 Å². The zero-order valence-corrected chi connectivity index (χ0v) is 14.1. The zero-order valence-electron chi connectivity index (χ0n) is 11.7. The topological polar surface area (TPSA) is 46.2 Å². The Kier molecular flexibility index (Phi) is 6.50. The molecule has 0 heterocycles. The number of hydrogen-bond donors (Lipinski definition) is 1. The molecular weight excluding hydrogens is 326 g/mol. The van der Waals surface area contributed by atoms with Gasteiger partial charge in [-0.15, -0.1) is 0 Å². The summed E-state index contributed by atoms with van der Waals surface area (Å²) in [5, 5.41) is 0. The molecule has 1 aromatic rings. The van der Waals surface area contributed by atoms with Crippen molar-refractivity contribution < 1.29 is 8.42 Å². The predicted octanol–water partition coefficient (Wildman–Crippen LogP) is 3.34. The third-order valence-corrected chi connectivity index (χ3v) is 5.89. The first-order valence-corrected chi connectivity index (χ1v) is 9.00. The van der Waals surface area contributed by atoms with Gasteiger partial charge in [0.05, 0.1) is 4.90 Å². The van der Waals surface area contributed by atoms with Gasteiger partial charge in [0, 0.05) is 11.4 Å². The minimum absolute atomic E-state index is 0.273. The van der Waals surface area contributed by atoms with E-state index in [4.69, 9.17) is 0 Å². The highest BCUT2D eigenvalue weighted by atomic mass is 79.9. The Labute approximate surface area is 125 Å². The van der Waals surface area contributed by atoms with Crippen molar-refractivity contribution in [3.63, 3.8) is 0 Å². The molecule has 0 spiro atoms. The second kappa shape index (κ2) is 7.41. The Morgan fingerprint density at radius 2 is 1.89 bits per heavy atom. The lowest BCUT2D eigenvalue weighted by molar-refractivity contribution is 0.575. The van der Waals surface area contributed by atoms with Crippen LogP contribution in [0, 0.1) is 5.92 Å². The quantitative estimate of drug-likeness (QED) is 0.769. The SMILES string of the molecule is CCCNS(=O)(=O)c1ccccc1CC(Br)C(C)C. The Morgan fingerprint density at radius 1 is 1.26 bits per heavy atom. The highest BCUT2D eigenvalue weighted by molar-refractivity contribution is 9.09. The molecule has 0 saturated carbocycles. The maximum Gasteiger partial charge on any atom is 0.240 e. The van der Waals surface area contributed by atoms with Gasteiger partial charge in [-0.1, -0.05) is 54.9 Å². The average Bonchev–Trinajstić information content (AvgIpc) is 2.36. The fraction of sp³-hybridized carbons (Fsp3) is 0.571. The maximum absolute atomic E-state index is 12.2. The second-order valence-corrected chi connectivity index (χ2v) is 7.88. The second-order valence-electron chi connectivity index (χ2n) is 4.97. The normalized spacial score (nSPS) is 13.7. The van der Waals surface area contributed by atoms with E-state index in [1.807, 2.05) is 19.1 Å². The van der Waals surface area contributed by atoms with Gasteiger partial charge >= 0.3 is 0 Å². The van der Waals surface area contributed by atoms with Gasteiger partial charge in [-0.2, -0.15) is 0 Å². The maximum atomic E-state index is 12.2. The first kappa shape index (κ1) is 16.7. The van der Waals surface area contributed by atoms with Crippen LogP contribution in [0.4, 0.5) is 0 Å². The van der Waals surface area contributed by atoms with Gasteiger partial charge in [-0.05, 0) is 30.4 Å². The molecule has 0 bridgehead atoms. The van der Waals surface area contributed by atoms with Gasteiger partial charge in [0.15, 0.2) is 0 Å². The molecule has 0 radical (unpaired) electrons. The van der Waals surface area contributed by atoms with Crippen molar-refractivity contribution in [3.05, 3.63) is 29.8 Å². The Hall–Kier alpha value is -0.390. The van der Waals surface area contributed by atoms with Crippen molar-refractivity contribution in [2.45, 2.75) is 43.3 Å². The molecule has 3 nitrogen and oxygen atoms in total. The number of sulfonamides is 1. The lowest BCUT2D eigenvalue weighted by Crippen LogP contribution is -2.26. The van der Waals surface area contributed by atoms with Crippen LogP contribution in [-0.4, -0.2) is 19.8 Å². The molecule has 1 atom stereocenters. The molecule has 0 fully saturated rings. The van der Waals surface area contributed by atoms with Crippen LogP contribution >= 0.6 is 15.9 Å². The molecule has 1 aromatic carbocycles. The van der Waals surface area contributed by atoms with Crippen molar-refractivity contribution in [2.24, 2.45) is 5.92 Å². The van der Waals surface area contributed by atoms with Crippen LogP contribution in [0.5, 0.6) is 0 Å². The van der Waals surface area contributed by atoms with E-state index in [0.717, 1.165) is 12.0 Å². The molecule has 19 heavy (non-hydrogen) atoms. The predicted molar refractivity (Wildman–Crippen MR) is 83.2 cm³/mol. The van der Waals surface area contributed by atoms with E-state index in [1.54, 1.807) is 12.1 Å². The van der Waals surface area contributed by atoms with Gasteiger partial charge in [0.2, 0.25) is 10.0 Å². The Balaban J connectivity index is 3.02. The largest absolute Gasteiger partial charge is 0.240 e. The minimum atomic E-state index is -3.40. The van der Waals surface area contributed by atoms with Crippen LogP contribution in [0.2, 0.25) is 0 Å². The van der Waals surface area contributed by atoms with Crippen LogP contribution in [0.3, 0.4) is 0 Å². The number of alkyl halides is 1. The van der Waals surface area contributed by atoms with E-state index >= 15 is 0 Å². The highest BCUT2D eigenvalue weighted by Gasteiger charge is 2.20. The molecule has 1 unspecified atom stereocenters. The van der Waals surface area contributed by atoms with E-state index in [1.165, 1.54) is 0 Å². The van der Waals surface area contributed by atoms with E-state index in [-0.39, 0.29) is 4.83 Å². The minimum Gasteiger partial charge on any atom is -0.211 e. The number of benzene rings is 1. The number of nitrogens with one attached hydrogen (secondary N) is 1.